The number of rotatable bonds is 9. The van der Waals surface area contributed by atoms with E-state index < -0.39 is 0 Å². The van der Waals surface area contributed by atoms with Gasteiger partial charge in [0.25, 0.3) is 0 Å². The minimum absolute atomic E-state index is 0.274. The highest BCUT2D eigenvalue weighted by molar-refractivity contribution is 7.99. The summed E-state index contributed by atoms with van der Waals surface area (Å²) in [5, 5.41) is 16.5. The molecule has 0 saturated heterocycles. The molecule has 4 N–H and O–H groups in total. The molecule has 1 rings (SSSR count). The van der Waals surface area contributed by atoms with Crippen LogP contribution in [0.5, 0.6) is 0 Å². The van der Waals surface area contributed by atoms with Gasteiger partial charge in [0.15, 0.2) is 0 Å². The summed E-state index contributed by atoms with van der Waals surface area (Å²) in [6, 6.07) is 0. The second kappa shape index (κ2) is 8.26. The number of nitrogens with two attached hydrogens (primary N) is 1. The summed E-state index contributed by atoms with van der Waals surface area (Å²) in [5.74, 6) is 2.95. The third kappa shape index (κ3) is 4.42. The maximum absolute atomic E-state index is 8.68. The van der Waals surface area contributed by atoms with Gasteiger partial charge in [0.05, 0.1) is 11.4 Å². The van der Waals surface area contributed by atoms with Crippen molar-refractivity contribution in [2.75, 3.05) is 35.7 Å². The number of nitrogen functional groups attached to an aromatic ring is 1. The Balaban J connectivity index is 2.40. The van der Waals surface area contributed by atoms with Crippen LogP contribution in [0.1, 0.15) is 25.5 Å². The van der Waals surface area contributed by atoms with Crippen molar-refractivity contribution < 1.29 is 5.11 Å². The van der Waals surface area contributed by atoms with Gasteiger partial charge in [-0.3, -0.25) is 0 Å². The van der Waals surface area contributed by atoms with Crippen molar-refractivity contribution in [3.05, 3.63) is 5.69 Å². The van der Waals surface area contributed by atoms with Crippen molar-refractivity contribution in [1.82, 2.24) is 9.78 Å². The second-order valence-corrected chi connectivity index (χ2v) is 5.41. The molecular weight excluding hydrogens is 248 g/mol. The maximum atomic E-state index is 8.68. The molecule has 0 aromatic carbocycles. The van der Waals surface area contributed by atoms with Crippen molar-refractivity contribution in [3.8, 4) is 0 Å². The van der Waals surface area contributed by atoms with Gasteiger partial charge >= 0.3 is 0 Å². The van der Waals surface area contributed by atoms with E-state index in [9.17, 15) is 0 Å². The first-order valence-corrected chi connectivity index (χ1v) is 7.61. The zero-order valence-corrected chi connectivity index (χ0v) is 12.1. The topological polar surface area (TPSA) is 76.1 Å². The monoisotopic (exact) mass is 272 g/mol. The highest BCUT2D eigenvalue weighted by Gasteiger charge is 2.10. The first-order chi connectivity index (χ1) is 8.70. The number of nitrogens with one attached hydrogen (secondary N) is 1. The number of thioether (sulfide) groups is 1. The lowest BCUT2D eigenvalue weighted by molar-refractivity contribution is 0.296. The molecule has 1 heterocycles. The van der Waals surface area contributed by atoms with Gasteiger partial charge in [-0.15, -0.1) is 0 Å². The van der Waals surface area contributed by atoms with Crippen LogP contribution in [0, 0.1) is 6.92 Å². The van der Waals surface area contributed by atoms with E-state index in [0.717, 1.165) is 54.6 Å². The summed E-state index contributed by atoms with van der Waals surface area (Å²) >= 11 is 1.84. The van der Waals surface area contributed by atoms with Gasteiger partial charge in [-0.05, 0) is 25.5 Å². The minimum atomic E-state index is 0.274. The number of aryl methyl sites for hydroxylation is 2. The normalized spacial score (nSPS) is 10.8. The summed E-state index contributed by atoms with van der Waals surface area (Å²) in [7, 11) is 0. The van der Waals surface area contributed by atoms with Gasteiger partial charge in [0, 0.05) is 25.4 Å². The molecule has 0 unspecified atom stereocenters. The molecule has 0 radical (unpaired) electrons. The van der Waals surface area contributed by atoms with Gasteiger partial charge in [-0.1, -0.05) is 6.92 Å². The SMILES string of the molecule is CCCn1nc(C)c(N)c1NCCSCCCO. The number of aliphatic hydroxyl groups is 1. The van der Waals surface area contributed by atoms with Gasteiger partial charge in [-0.2, -0.15) is 16.9 Å². The third-order valence-electron chi connectivity index (χ3n) is 2.59. The molecule has 0 aliphatic heterocycles. The fourth-order valence-corrected chi connectivity index (χ4v) is 2.45. The van der Waals surface area contributed by atoms with Gasteiger partial charge < -0.3 is 16.2 Å². The first-order valence-electron chi connectivity index (χ1n) is 6.46. The van der Waals surface area contributed by atoms with Crippen molar-refractivity contribution in [1.29, 1.82) is 0 Å². The fraction of sp³-hybridized carbons (Fsp3) is 0.750. The van der Waals surface area contributed by atoms with Crippen LogP contribution in [-0.2, 0) is 6.54 Å². The highest BCUT2D eigenvalue weighted by atomic mass is 32.2. The van der Waals surface area contributed by atoms with E-state index in [2.05, 4.69) is 17.3 Å². The lowest BCUT2D eigenvalue weighted by Gasteiger charge is -2.09. The molecule has 104 valence electrons. The molecule has 0 spiro atoms. The van der Waals surface area contributed by atoms with Gasteiger partial charge in [0.2, 0.25) is 0 Å². The summed E-state index contributed by atoms with van der Waals surface area (Å²) in [6.07, 6.45) is 1.90. The average Bonchev–Trinajstić information content (AvgIpc) is 2.61. The maximum Gasteiger partial charge on any atom is 0.148 e. The predicted molar refractivity (Wildman–Crippen MR) is 79.2 cm³/mol. The number of anilines is 2. The van der Waals surface area contributed by atoms with E-state index in [0.29, 0.717) is 0 Å². The third-order valence-corrected chi connectivity index (χ3v) is 3.66. The standard InChI is InChI=1S/C12H24N4OS/c1-3-6-16-12(11(13)10(2)15-16)14-5-9-18-8-4-7-17/h14,17H,3-9,13H2,1-2H3. The fourth-order valence-electron chi connectivity index (χ4n) is 1.67. The highest BCUT2D eigenvalue weighted by Crippen LogP contribution is 2.22. The van der Waals surface area contributed by atoms with Crippen LogP contribution in [0.4, 0.5) is 11.5 Å². The minimum Gasteiger partial charge on any atom is -0.396 e. The predicted octanol–water partition coefficient (Wildman–Crippen LogP) is 1.71. The largest absolute Gasteiger partial charge is 0.396 e. The quantitative estimate of drug-likeness (QED) is 0.597. The van der Waals surface area contributed by atoms with Crippen LogP contribution in [0.15, 0.2) is 0 Å². The zero-order chi connectivity index (χ0) is 13.4. The summed E-state index contributed by atoms with van der Waals surface area (Å²) in [4.78, 5) is 0. The van der Waals surface area contributed by atoms with Crippen LogP contribution in [0.25, 0.3) is 0 Å². The van der Waals surface area contributed by atoms with Crippen molar-refractivity contribution in [3.63, 3.8) is 0 Å². The van der Waals surface area contributed by atoms with Crippen molar-refractivity contribution >= 4 is 23.3 Å². The molecular formula is C12H24N4OS. The number of nitrogens with zero attached hydrogens (tertiary/aromatic N) is 2. The van der Waals surface area contributed by atoms with E-state index >= 15 is 0 Å². The molecule has 0 bridgehead atoms. The molecule has 0 aliphatic carbocycles. The Morgan fingerprint density at radius 3 is 2.89 bits per heavy atom. The van der Waals surface area contributed by atoms with Crippen LogP contribution >= 0.6 is 11.8 Å². The molecule has 18 heavy (non-hydrogen) atoms. The lowest BCUT2D eigenvalue weighted by atomic mass is 10.4. The van der Waals surface area contributed by atoms with Crippen molar-refractivity contribution in [2.24, 2.45) is 0 Å². The number of hydrogen-bond donors (Lipinski definition) is 3. The molecule has 5 nitrogen and oxygen atoms in total. The average molecular weight is 272 g/mol. The molecule has 0 saturated carbocycles. The van der Waals surface area contributed by atoms with Gasteiger partial charge in [0.1, 0.15) is 5.82 Å². The number of aromatic nitrogens is 2. The van der Waals surface area contributed by atoms with Crippen LogP contribution in [-0.4, -0.2) is 39.5 Å². The molecule has 0 fully saturated rings. The number of aliphatic hydroxyl groups excluding tert-OH is 1. The first kappa shape index (κ1) is 15.2. The Bertz CT molecular complexity index is 354. The second-order valence-electron chi connectivity index (χ2n) is 4.19. The Morgan fingerprint density at radius 2 is 2.22 bits per heavy atom. The molecule has 1 aromatic rings. The van der Waals surface area contributed by atoms with Crippen LogP contribution in [0.3, 0.4) is 0 Å². The summed E-state index contributed by atoms with van der Waals surface area (Å²) < 4.78 is 1.95. The number of hydrogen-bond acceptors (Lipinski definition) is 5. The smallest absolute Gasteiger partial charge is 0.148 e. The molecule has 6 heteroatoms. The Hall–Kier alpha value is -0.880. The lowest BCUT2D eigenvalue weighted by Crippen LogP contribution is -2.12. The van der Waals surface area contributed by atoms with Crippen LogP contribution < -0.4 is 11.1 Å². The Labute approximate surface area is 113 Å². The van der Waals surface area contributed by atoms with E-state index in [1.165, 1.54) is 0 Å². The molecule has 0 amide bonds. The summed E-state index contributed by atoms with van der Waals surface area (Å²) in [6.45, 7) is 6.09. The van der Waals surface area contributed by atoms with E-state index in [1.54, 1.807) is 0 Å². The van der Waals surface area contributed by atoms with E-state index in [4.69, 9.17) is 10.8 Å². The van der Waals surface area contributed by atoms with Crippen LogP contribution in [0.2, 0.25) is 0 Å². The van der Waals surface area contributed by atoms with E-state index in [-0.39, 0.29) is 6.61 Å². The molecule has 1 aromatic heterocycles. The zero-order valence-electron chi connectivity index (χ0n) is 11.3. The summed E-state index contributed by atoms with van der Waals surface area (Å²) in [5.41, 5.74) is 7.65. The molecule has 0 atom stereocenters. The van der Waals surface area contributed by atoms with E-state index in [1.807, 2.05) is 23.4 Å². The van der Waals surface area contributed by atoms with Crippen molar-refractivity contribution in [2.45, 2.75) is 33.2 Å². The molecule has 0 aliphatic rings. The Kier molecular flexibility index (Phi) is 6.97. The Morgan fingerprint density at radius 1 is 1.44 bits per heavy atom. The van der Waals surface area contributed by atoms with Gasteiger partial charge in [-0.25, -0.2) is 4.68 Å².